The summed E-state index contributed by atoms with van der Waals surface area (Å²) in [6, 6.07) is 39.7. The molecular formula is C46H38O8. The SMILES string of the molecule is COc1ccc(-c2oc3cc(-c4cc5oc(-c6ccc(OC)cc6)c(-c6ccc(OC)cc6)c5cc4OC)c(OC)cc3c2-c2ccc(OC)cc2)cc1. The number of methoxy groups -OCH3 is 6. The van der Waals surface area contributed by atoms with E-state index in [1.807, 2.05) is 121 Å². The Morgan fingerprint density at radius 2 is 0.630 bits per heavy atom. The van der Waals surface area contributed by atoms with Gasteiger partial charge >= 0.3 is 0 Å². The normalized spacial score (nSPS) is 11.1. The molecule has 54 heavy (non-hydrogen) atoms. The molecule has 0 aliphatic heterocycles. The summed E-state index contributed by atoms with van der Waals surface area (Å²) in [7, 11) is 9.96. The molecule has 8 heteroatoms. The minimum atomic E-state index is 0.648. The predicted molar refractivity (Wildman–Crippen MR) is 212 cm³/mol. The fraction of sp³-hybridized carbons (Fsp3) is 0.130. The lowest BCUT2D eigenvalue weighted by Gasteiger charge is -2.13. The van der Waals surface area contributed by atoms with Gasteiger partial charge in [0.1, 0.15) is 57.2 Å². The smallest absolute Gasteiger partial charge is 0.143 e. The third-order valence-electron chi connectivity index (χ3n) is 9.77. The maximum Gasteiger partial charge on any atom is 0.143 e. The van der Waals surface area contributed by atoms with E-state index in [4.69, 9.17) is 37.3 Å². The maximum absolute atomic E-state index is 6.76. The predicted octanol–water partition coefficient (Wildman–Crippen LogP) is 11.6. The fourth-order valence-electron chi connectivity index (χ4n) is 6.98. The molecule has 8 nitrogen and oxygen atoms in total. The average molecular weight is 719 g/mol. The average Bonchev–Trinajstić information content (AvgIpc) is 3.80. The van der Waals surface area contributed by atoms with E-state index in [0.717, 1.165) is 89.8 Å². The zero-order valence-electron chi connectivity index (χ0n) is 30.8. The van der Waals surface area contributed by atoms with Crippen molar-refractivity contribution in [1.29, 1.82) is 0 Å². The van der Waals surface area contributed by atoms with E-state index in [-0.39, 0.29) is 0 Å². The number of fused-ring (bicyclic) bond motifs is 2. The van der Waals surface area contributed by atoms with Crippen LogP contribution < -0.4 is 28.4 Å². The molecule has 2 heterocycles. The van der Waals surface area contributed by atoms with Gasteiger partial charge in [0.25, 0.3) is 0 Å². The molecule has 270 valence electrons. The van der Waals surface area contributed by atoms with Crippen LogP contribution in [0, 0.1) is 0 Å². The summed E-state index contributed by atoms with van der Waals surface area (Å²) in [5.74, 6) is 5.79. The standard InChI is InChI=1S/C46H38O8/c1-47-31-15-7-27(8-16-31)43-37-25-39(51-5)35(23-41(37)53-45(43)29-11-19-33(49-3)20-12-29)36-24-42-38(26-40(36)52-6)44(28-9-17-32(48-2)18-10-28)46(54-42)30-13-21-34(50-4)22-14-30/h7-26H,1-6H3. The van der Waals surface area contributed by atoms with Gasteiger partial charge in [0.15, 0.2) is 0 Å². The lowest BCUT2D eigenvalue weighted by atomic mass is 9.94. The molecule has 0 N–H and O–H groups in total. The molecule has 0 aliphatic rings. The molecule has 0 amide bonds. The van der Waals surface area contributed by atoms with Gasteiger partial charge in [-0.1, -0.05) is 24.3 Å². The fourth-order valence-corrected chi connectivity index (χ4v) is 6.98. The third kappa shape index (κ3) is 6.01. The van der Waals surface area contributed by atoms with Crippen LogP contribution >= 0.6 is 0 Å². The van der Waals surface area contributed by atoms with E-state index in [9.17, 15) is 0 Å². The quantitative estimate of drug-likeness (QED) is 0.131. The lowest BCUT2D eigenvalue weighted by Crippen LogP contribution is -1.93. The van der Waals surface area contributed by atoms with Crippen molar-refractivity contribution in [1.82, 2.24) is 0 Å². The summed E-state index contributed by atoms with van der Waals surface area (Å²) in [5.41, 5.74) is 8.57. The number of rotatable bonds is 11. The molecule has 8 aromatic rings. The Kier molecular flexibility index (Phi) is 9.09. The van der Waals surface area contributed by atoms with Gasteiger partial charge in [0.2, 0.25) is 0 Å². The molecule has 0 atom stereocenters. The summed E-state index contributed by atoms with van der Waals surface area (Å²) < 4.78 is 47.5. The second kappa shape index (κ2) is 14.3. The molecule has 0 saturated heterocycles. The summed E-state index contributed by atoms with van der Waals surface area (Å²) in [5, 5.41) is 1.79. The van der Waals surface area contributed by atoms with Crippen LogP contribution in [0.4, 0.5) is 0 Å². The van der Waals surface area contributed by atoms with E-state index >= 15 is 0 Å². The van der Waals surface area contributed by atoms with Crippen molar-refractivity contribution in [2.75, 3.05) is 42.7 Å². The van der Waals surface area contributed by atoms with Crippen molar-refractivity contribution in [3.8, 4) is 90.5 Å². The van der Waals surface area contributed by atoms with E-state index in [1.165, 1.54) is 0 Å². The minimum Gasteiger partial charge on any atom is -0.497 e. The van der Waals surface area contributed by atoms with Crippen LogP contribution in [0.15, 0.2) is 130 Å². The Hall–Kier alpha value is -6.80. The molecule has 0 spiro atoms. The molecule has 6 aromatic carbocycles. The molecule has 0 bridgehead atoms. The molecule has 0 radical (unpaired) electrons. The molecule has 0 fully saturated rings. The monoisotopic (exact) mass is 718 g/mol. The molecule has 0 aliphatic carbocycles. The van der Waals surface area contributed by atoms with Gasteiger partial charge in [-0.3, -0.25) is 0 Å². The Morgan fingerprint density at radius 1 is 0.333 bits per heavy atom. The van der Waals surface area contributed by atoms with Crippen molar-refractivity contribution < 1.29 is 37.3 Å². The van der Waals surface area contributed by atoms with Crippen LogP contribution in [0.5, 0.6) is 34.5 Å². The van der Waals surface area contributed by atoms with Gasteiger partial charge < -0.3 is 37.3 Å². The summed E-state index contributed by atoms with van der Waals surface area (Å²) in [6.07, 6.45) is 0. The van der Waals surface area contributed by atoms with Crippen LogP contribution in [0.25, 0.3) is 78.0 Å². The minimum absolute atomic E-state index is 0.648. The van der Waals surface area contributed by atoms with Crippen molar-refractivity contribution in [3.05, 3.63) is 121 Å². The van der Waals surface area contributed by atoms with Crippen molar-refractivity contribution in [3.63, 3.8) is 0 Å². The topological polar surface area (TPSA) is 81.7 Å². The molecule has 0 unspecified atom stereocenters. The molecule has 8 rings (SSSR count). The summed E-state index contributed by atoms with van der Waals surface area (Å²) in [4.78, 5) is 0. The second-order valence-electron chi connectivity index (χ2n) is 12.6. The number of furan rings is 2. The summed E-state index contributed by atoms with van der Waals surface area (Å²) in [6.45, 7) is 0. The van der Waals surface area contributed by atoms with Crippen LogP contribution in [0.2, 0.25) is 0 Å². The number of hydrogen-bond donors (Lipinski definition) is 0. The first-order valence-corrected chi connectivity index (χ1v) is 17.3. The largest absolute Gasteiger partial charge is 0.497 e. The van der Waals surface area contributed by atoms with E-state index < -0.39 is 0 Å². The van der Waals surface area contributed by atoms with Gasteiger partial charge in [-0.05, 0) is 108 Å². The number of benzene rings is 6. The van der Waals surface area contributed by atoms with Crippen LogP contribution in [0.1, 0.15) is 0 Å². The highest BCUT2D eigenvalue weighted by Gasteiger charge is 2.25. The first kappa shape index (κ1) is 34.3. The zero-order chi connectivity index (χ0) is 37.3. The molecular weight excluding hydrogens is 680 g/mol. The highest BCUT2D eigenvalue weighted by atomic mass is 16.5. The third-order valence-corrected chi connectivity index (χ3v) is 9.77. The number of ether oxygens (including phenoxy) is 6. The second-order valence-corrected chi connectivity index (χ2v) is 12.6. The van der Waals surface area contributed by atoms with Crippen LogP contribution in [0.3, 0.4) is 0 Å². The van der Waals surface area contributed by atoms with E-state index in [0.29, 0.717) is 22.7 Å². The Morgan fingerprint density at radius 3 is 0.907 bits per heavy atom. The highest BCUT2D eigenvalue weighted by molar-refractivity contribution is 6.07. The van der Waals surface area contributed by atoms with Gasteiger partial charge in [-0.25, -0.2) is 0 Å². The van der Waals surface area contributed by atoms with Gasteiger partial charge in [-0.2, -0.15) is 0 Å². The van der Waals surface area contributed by atoms with Crippen LogP contribution in [-0.4, -0.2) is 42.7 Å². The maximum atomic E-state index is 6.76. The van der Waals surface area contributed by atoms with Crippen LogP contribution in [-0.2, 0) is 0 Å². The highest BCUT2D eigenvalue weighted by Crippen LogP contribution is 2.50. The van der Waals surface area contributed by atoms with Gasteiger partial charge in [0, 0.05) is 44.2 Å². The van der Waals surface area contributed by atoms with E-state index in [2.05, 4.69) is 0 Å². The first-order chi connectivity index (χ1) is 26.5. The lowest BCUT2D eigenvalue weighted by molar-refractivity contribution is 0.411. The molecule has 0 saturated carbocycles. The Bertz CT molecular complexity index is 2400. The zero-order valence-corrected chi connectivity index (χ0v) is 30.8. The Labute approximate surface area is 313 Å². The van der Waals surface area contributed by atoms with Gasteiger partial charge in [0.05, 0.1) is 42.7 Å². The van der Waals surface area contributed by atoms with Gasteiger partial charge in [-0.15, -0.1) is 0 Å². The van der Waals surface area contributed by atoms with E-state index in [1.54, 1.807) is 42.7 Å². The first-order valence-electron chi connectivity index (χ1n) is 17.3. The number of hydrogen-bond acceptors (Lipinski definition) is 8. The van der Waals surface area contributed by atoms with Crippen molar-refractivity contribution in [2.45, 2.75) is 0 Å². The van der Waals surface area contributed by atoms with Crippen molar-refractivity contribution >= 4 is 21.9 Å². The summed E-state index contributed by atoms with van der Waals surface area (Å²) >= 11 is 0. The Balaban J connectivity index is 1.35. The van der Waals surface area contributed by atoms with Crippen molar-refractivity contribution in [2.24, 2.45) is 0 Å². The molecule has 2 aromatic heterocycles.